The molecule has 10 heteroatoms. The van der Waals surface area contributed by atoms with Gasteiger partial charge in [0.1, 0.15) is 0 Å². The highest BCUT2D eigenvalue weighted by Crippen LogP contribution is 2.46. The van der Waals surface area contributed by atoms with Gasteiger partial charge in [-0.3, -0.25) is 23.9 Å². The van der Waals surface area contributed by atoms with Crippen LogP contribution in [0.15, 0.2) is 107 Å². The van der Waals surface area contributed by atoms with E-state index in [2.05, 4.69) is 46.3 Å². The van der Waals surface area contributed by atoms with Gasteiger partial charge in [-0.2, -0.15) is 0 Å². The highest BCUT2D eigenvalue weighted by molar-refractivity contribution is 7.78. The second kappa shape index (κ2) is 12.8. The first-order valence-electron chi connectivity index (χ1n) is 13.5. The van der Waals surface area contributed by atoms with E-state index in [0.29, 0.717) is 18.7 Å². The van der Waals surface area contributed by atoms with Crippen molar-refractivity contribution in [3.63, 3.8) is 0 Å². The van der Waals surface area contributed by atoms with Crippen molar-refractivity contribution in [3.8, 4) is 0 Å². The molecule has 1 aromatic heterocycles. The molecule has 3 aromatic carbocycles. The number of aryl methyl sites for hydroxylation is 1. The van der Waals surface area contributed by atoms with Crippen LogP contribution in [0, 0.1) is 6.92 Å². The van der Waals surface area contributed by atoms with Crippen molar-refractivity contribution in [2.45, 2.75) is 24.8 Å². The predicted molar refractivity (Wildman–Crippen MR) is 163 cm³/mol. The Kier molecular flexibility index (Phi) is 9.19. The number of aromatic amines is 1. The molecule has 4 aromatic rings. The number of aromatic nitrogens is 2. The molecular formula is C31H34ClN4O4P. The Labute approximate surface area is 245 Å². The molecule has 0 spiro atoms. The summed E-state index contributed by atoms with van der Waals surface area (Å²) >= 11 is 6.47. The van der Waals surface area contributed by atoms with Crippen LogP contribution in [0.1, 0.15) is 28.5 Å². The van der Waals surface area contributed by atoms with E-state index in [9.17, 15) is 9.59 Å². The molecule has 5 rings (SSSR count). The summed E-state index contributed by atoms with van der Waals surface area (Å²) in [4.78, 5) is 30.1. The Morgan fingerprint density at radius 1 is 0.927 bits per heavy atom. The summed E-state index contributed by atoms with van der Waals surface area (Å²) in [5.41, 5.74) is 2.00. The molecule has 3 atom stereocenters. The topological polar surface area (TPSA) is 79.8 Å². The van der Waals surface area contributed by atoms with Gasteiger partial charge in [0.2, 0.25) is 7.65 Å². The second-order valence-electron chi connectivity index (χ2n) is 10.3. The van der Waals surface area contributed by atoms with Crippen molar-refractivity contribution in [1.29, 1.82) is 0 Å². The summed E-state index contributed by atoms with van der Waals surface area (Å²) in [7, 11) is 2.40. The number of rotatable bonds is 9. The van der Waals surface area contributed by atoms with Gasteiger partial charge in [-0.05, 0) is 49.0 Å². The van der Waals surface area contributed by atoms with Crippen LogP contribution in [0.2, 0.25) is 0 Å². The molecule has 0 amide bonds. The fraction of sp³-hybridized carbons (Fsp3) is 0.290. The lowest BCUT2D eigenvalue weighted by Crippen LogP contribution is -2.58. The zero-order valence-corrected chi connectivity index (χ0v) is 25.0. The van der Waals surface area contributed by atoms with Gasteiger partial charge in [-0.1, -0.05) is 91.0 Å². The molecule has 1 fully saturated rings. The summed E-state index contributed by atoms with van der Waals surface area (Å²) in [6.07, 6.45) is 0.445. The Morgan fingerprint density at radius 2 is 1.44 bits per heavy atom. The zero-order valence-electron chi connectivity index (χ0n) is 23.3. The summed E-state index contributed by atoms with van der Waals surface area (Å²) in [5.74, 6) is 0. The van der Waals surface area contributed by atoms with Crippen LogP contribution in [-0.2, 0) is 14.8 Å². The molecule has 41 heavy (non-hydrogen) atoms. The van der Waals surface area contributed by atoms with E-state index in [1.165, 1.54) is 4.57 Å². The summed E-state index contributed by atoms with van der Waals surface area (Å²) in [6, 6.07) is 31.1. The maximum Gasteiger partial charge on any atom is 0.330 e. The van der Waals surface area contributed by atoms with Gasteiger partial charge in [-0.15, -0.1) is 0 Å². The number of morpholine rings is 1. The fourth-order valence-corrected chi connectivity index (χ4v) is 6.17. The van der Waals surface area contributed by atoms with E-state index in [-0.39, 0.29) is 6.61 Å². The Bertz CT molecular complexity index is 1450. The minimum Gasteiger partial charge on any atom is -0.350 e. The van der Waals surface area contributed by atoms with Crippen LogP contribution in [0.5, 0.6) is 0 Å². The van der Waals surface area contributed by atoms with Crippen molar-refractivity contribution < 1.29 is 9.26 Å². The van der Waals surface area contributed by atoms with Crippen molar-refractivity contribution in [3.05, 3.63) is 140 Å². The number of halogens is 1. The summed E-state index contributed by atoms with van der Waals surface area (Å²) in [6.45, 7) is 2.77. The van der Waals surface area contributed by atoms with E-state index in [1.807, 2.05) is 73.4 Å². The number of hydrogen-bond acceptors (Lipinski definition) is 6. The van der Waals surface area contributed by atoms with Gasteiger partial charge in [0, 0.05) is 24.8 Å². The third-order valence-electron chi connectivity index (χ3n) is 7.34. The van der Waals surface area contributed by atoms with Gasteiger partial charge in [0.05, 0.1) is 18.2 Å². The normalized spacial score (nSPS) is 18.9. The van der Waals surface area contributed by atoms with Crippen LogP contribution in [0.3, 0.4) is 0 Å². The number of nitrogens with one attached hydrogen (secondary N) is 1. The summed E-state index contributed by atoms with van der Waals surface area (Å²) in [5, 5.41) is 0. The Hall–Kier alpha value is -3.10. The number of H-pyrrole nitrogens is 1. The van der Waals surface area contributed by atoms with Gasteiger partial charge >= 0.3 is 5.69 Å². The molecule has 1 unspecified atom stereocenters. The lowest BCUT2D eigenvalue weighted by molar-refractivity contribution is -0.147. The van der Waals surface area contributed by atoms with E-state index < -0.39 is 36.8 Å². The maximum atomic E-state index is 13.1. The Balaban J connectivity index is 1.70. The lowest BCUT2D eigenvalue weighted by Gasteiger charge is -2.50. The molecule has 2 heterocycles. The van der Waals surface area contributed by atoms with Gasteiger partial charge in [0.15, 0.2) is 6.23 Å². The molecule has 1 aliphatic heterocycles. The average Bonchev–Trinajstić information content (AvgIpc) is 2.99. The molecule has 214 valence electrons. The van der Waals surface area contributed by atoms with Crippen LogP contribution in [0.25, 0.3) is 0 Å². The third kappa shape index (κ3) is 6.09. The molecule has 1 aliphatic rings. The number of nitrogens with zero attached hydrogens (tertiary/aromatic N) is 3. The van der Waals surface area contributed by atoms with Crippen LogP contribution in [0.4, 0.5) is 0 Å². The van der Waals surface area contributed by atoms with Crippen LogP contribution < -0.4 is 11.2 Å². The zero-order chi connectivity index (χ0) is 29.0. The van der Waals surface area contributed by atoms with E-state index >= 15 is 0 Å². The molecule has 0 saturated carbocycles. The predicted octanol–water partition coefficient (Wildman–Crippen LogP) is 5.08. The molecule has 0 aliphatic carbocycles. The van der Waals surface area contributed by atoms with Crippen LogP contribution >= 0.6 is 18.9 Å². The molecule has 8 nitrogen and oxygen atoms in total. The Morgan fingerprint density at radius 3 is 1.93 bits per heavy atom. The van der Waals surface area contributed by atoms with E-state index in [1.54, 1.807) is 13.1 Å². The van der Waals surface area contributed by atoms with Crippen molar-refractivity contribution in [2.24, 2.45) is 0 Å². The largest absolute Gasteiger partial charge is 0.350 e. The molecule has 1 saturated heterocycles. The first kappa shape index (κ1) is 29.4. The van der Waals surface area contributed by atoms with Crippen LogP contribution in [-0.4, -0.2) is 59.0 Å². The maximum absolute atomic E-state index is 13.1. The molecular weight excluding hydrogens is 559 g/mol. The van der Waals surface area contributed by atoms with E-state index in [0.717, 1.165) is 16.7 Å². The van der Waals surface area contributed by atoms with Crippen molar-refractivity contribution >= 4 is 18.9 Å². The number of hydrogen-bond donors (Lipinski definition) is 1. The quantitative estimate of drug-likeness (QED) is 0.216. The van der Waals surface area contributed by atoms with Gasteiger partial charge in [0.25, 0.3) is 5.56 Å². The first-order chi connectivity index (χ1) is 19.8. The van der Waals surface area contributed by atoms with E-state index in [4.69, 9.17) is 20.5 Å². The number of ether oxygens (including phenoxy) is 1. The standard InChI is InChI=1S/C31H34ClN4O4P/c1-23-19-36(30(38)33-29(23)37)28-21-35(20-27(40-28)22-39-41(32)34(2)3)31(24-13-7-4-8-14-24,25-15-9-5-10-16-25)26-17-11-6-12-18-26/h4-19,27-28H,20-22H2,1-3H3,(H,33,37,38)/t27-,28+,41?/m0/s1. The summed E-state index contributed by atoms with van der Waals surface area (Å²) < 4.78 is 15.9. The molecule has 0 radical (unpaired) electrons. The average molecular weight is 593 g/mol. The smallest absolute Gasteiger partial charge is 0.330 e. The SMILES string of the molecule is Cc1cn([C@H]2CN(C(c3ccccc3)(c3ccccc3)c3ccccc3)C[C@@H](COP(Cl)N(C)C)O2)c(=O)[nH]c1=O. The third-order valence-corrected chi connectivity index (χ3v) is 9.53. The van der Waals surface area contributed by atoms with Crippen molar-refractivity contribution in [1.82, 2.24) is 19.1 Å². The highest BCUT2D eigenvalue weighted by atomic mass is 35.7. The first-order valence-corrected chi connectivity index (χ1v) is 15.6. The highest BCUT2D eigenvalue weighted by Gasteiger charge is 2.46. The minimum absolute atomic E-state index is 0.228. The second-order valence-corrected chi connectivity index (χ2v) is 12.7. The lowest BCUT2D eigenvalue weighted by atomic mass is 9.75. The molecule has 1 N–H and O–H groups in total. The fourth-order valence-electron chi connectivity index (χ4n) is 5.48. The van der Waals surface area contributed by atoms with Gasteiger partial charge in [-0.25, -0.2) is 4.79 Å². The number of benzene rings is 3. The van der Waals surface area contributed by atoms with Crippen molar-refractivity contribution in [2.75, 3.05) is 33.8 Å². The monoisotopic (exact) mass is 592 g/mol. The van der Waals surface area contributed by atoms with Gasteiger partial charge < -0.3 is 9.26 Å². The minimum atomic E-state index is -1.33. The molecule has 0 bridgehead atoms.